The Labute approximate surface area is 119 Å². The van der Waals surface area contributed by atoms with Crippen LogP contribution in [0.2, 0.25) is 0 Å². The number of nitrogens with one attached hydrogen (secondary N) is 1. The summed E-state index contributed by atoms with van der Waals surface area (Å²) in [5.74, 6) is 9.49. The molecule has 1 unspecified atom stereocenters. The molecule has 0 aliphatic carbocycles. The molecule has 1 saturated heterocycles. The maximum Gasteiger partial charge on any atom is 0.145 e. The minimum Gasteiger partial charge on any atom is -0.355 e. The van der Waals surface area contributed by atoms with Crippen molar-refractivity contribution < 1.29 is 0 Å². The summed E-state index contributed by atoms with van der Waals surface area (Å²) in [6.07, 6.45) is 1.20. The van der Waals surface area contributed by atoms with Crippen LogP contribution >= 0.6 is 11.8 Å². The minimum atomic E-state index is 0.299. The summed E-state index contributed by atoms with van der Waals surface area (Å²) in [5.41, 5.74) is 2.64. The second-order valence-corrected chi connectivity index (χ2v) is 6.52. The van der Waals surface area contributed by atoms with Gasteiger partial charge in [0.05, 0.1) is 0 Å². The van der Waals surface area contributed by atoms with Gasteiger partial charge in [-0.15, -0.1) is 0 Å². The van der Waals surface area contributed by atoms with Crippen LogP contribution in [0.3, 0.4) is 0 Å². The molecule has 0 saturated carbocycles. The molecule has 106 valence electrons. The Kier molecular flexibility index (Phi) is 4.87. The fourth-order valence-corrected chi connectivity index (χ4v) is 3.30. The Morgan fingerprint density at radius 1 is 1.53 bits per heavy atom. The average Bonchev–Trinajstić information content (AvgIpc) is 2.46. The molecule has 0 spiro atoms. The number of anilines is 2. The first-order valence-electron chi connectivity index (χ1n) is 6.86. The number of rotatable bonds is 4. The standard InChI is InChI=1S/C13H23N5S/c1-4-10-8-18(5-6-19-10)12-7-11(17-14)15-13(16-12)9(2)3/h7,9-10H,4-6,8,14H2,1-3H3,(H,15,16,17). The normalized spacial score (nSPS) is 19.8. The van der Waals surface area contributed by atoms with Gasteiger partial charge in [-0.3, -0.25) is 0 Å². The third-order valence-corrected chi connectivity index (χ3v) is 4.68. The van der Waals surface area contributed by atoms with E-state index in [0.29, 0.717) is 17.0 Å². The van der Waals surface area contributed by atoms with Crippen molar-refractivity contribution in [3.63, 3.8) is 0 Å². The molecular formula is C13H23N5S. The van der Waals surface area contributed by atoms with Crippen LogP contribution in [0.1, 0.15) is 38.9 Å². The van der Waals surface area contributed by atoms with Crippen LogP contribution in [0.15, 0.2) is 6.07 Å². The van der Waals surface area contributed by atoms with Crippen molar-refractivity contribution in [2.45, 2.75) is 38.4 Å². The summed E-state index contributed by atoms with van der Waals surface area (Å²) in [4.78, 5) is 11.4. The zero-order valence-electron chi connectivity index (χ0n) is 11.9. The van der Waals surface area contributed by atoms with Crippen LogP contribution in [-0.2, 0) is 0 Å². The van der Waals surface area contributed by atoms with Crippen LogP contribution in [-0.4, -0.2) is 34.1 Å². The number of aromatic nitrogens is 2. The first kappa shape index (κ1) is 14.4. The molecule has 6 heteroatoms. The van der Waals surface area contributed by atoms with E-state index in [0.717, 1.165) is 30.5 Å². The molecule has 0 aromatic carbocycles. The van der Waals surface area contributed by atoms with Crippen LogP contribution < -0.4 is 16.2 Å². The highest BCUT2D eigenvalue weighted by Gasteiger charge is 2.21. The topological polar surface area (TPSA) is 67.1 Å². The van der Waals surface area contributed by atoms with E-state index in [1.165, 1.54) is 6.42 Å². The Morgan fingerprint density at radius 3 is 2.95 bits per heavy atom. The summed E-state index contributed by atoms with van der Waals surface area (Å²) in [5, 5.41) is 0.695. The second-order valence-electron chi connectivity index (χ2n) is 5.12. The van der Waals surface area contributed by atoms with Gasteiger partial charge in [-0.2, -0.15) is 11.8 Å². The van der Waals surface area contributed by atoms with E-state index < -0.39 is 0 Å². The number of hydrogen-bond acceptors (Lipinski definition) is 6. The molecular weight excluding hydrogens is 258 g/mol. The molecule has 1 aliphatic heterocycles. The van der Waals surface area contributed by atoms with Gasteiger partial charge < -0.3 is 10.3 Å². The lowest BCUT2D eigenvalue weighted by Crippen LogP contribution is -2.38. The summed E-state index contributed by atoms with van der Waals surface area (Å²) >= 11 is 2.06. The SMILES string of the molecule is CCC1CN(c2cc(NN)nc(C(C)C)n2)CCS1. The zero-order valence-corrected chi connectivity index (χ0v) is 12.7. The van der Waals surface area contributed by atoms with Crippen molar-refractivity contribution in [2.24, 2.45) is 5.84 Å². The Balaban J connectivity index is 2.25. The van der Waals surface area contributed by atoms with Gasteiger partial charge >= 0.3 is 0 Å². The number of nitrogen functional groups attached to an aromatic ring is 1. The molecule has 0 amide bonds. The quantitative estimate of drug-likeness (QED) is 0.651. The molecule has 5 nitrogen and oxygen atoms in total. The maximum absolute atomic E-state index is 5.51. The number of nitrogens with two attached hydrogens (primary N) is 1. The highest BCUT2D eigenvalue weighted by atomic mass is 32.2. The van der Waals surface area contributed by atoms with E-state index in [9.17, 15) is 0 Å². The fraction of sp³-hybridized carbons (Fsp3) is 0.692. The van der Waals surface area contributed by atoms with E-state index in [2.05, 4.69) is 52.8 Å². The third-order valence-electron chi connectivity index (χ3n) is 3.31. The monoisotopic (exact) mass is 281 g/mol. The van der Waals surface area contributed by atoms with Gasteiger partial charge in [0.2, 0.25) is 0 Å². The van der Waals surface area contributed by atoms with E-state index in [1.807, 2.05) is 6.07 Å². The number of hydrogen-bond donors (Lipinski definition) is 2. The molecule has 1 aliphatic rings. The van der Waals surface area contributed by atoms with Crippen LogP contribution in [0.25, 0.3) is 0 Å². The molecule has 3 N–H and O–H groups in total. The summed E-state index contributed by atoms with van der Waals surface area (Å²) < 4.78 is 0. The van der Waals surface area contributed by atoms with Crippen LogP contribution in [0.4, 0.5) is 11.6 Å². The van der Waals surface area contributed by atoms with Gasteiger partial charge in [-0.1, -0.05) is 20.8 Å². The lowest BCUT2D eigenvalue weighted by molar-refractivity contribution is 0.705. The Bertz CT molecular complexity index is 423. The Hall–Kier alpha value is -1.01. The minimum absolute atomic E-state index is 0.299. The summed E-state index contributed by atoms with van der Waals surface area (Å²) in [6, 6.07) is 1.94. The fourth-order valence-electron chi connectivity index (χ4n) is 2.12. The van der Waals surface area contributed by atoms with E-state index in [4.69, 9.17) is 5.84 Å². The predicted molar refractivity (Wildman–Crippen MR) is 82.7 cm³/mol. The van der Waals surface area contributed by atoms with Gasteiger partial charge in [0.15, 0.2) is 0 Å². The van der Waals surface area contributed by atoms with Gasteiger partial charge in [0.25, 0.3) is 0 Å². The van der Waals surface area contributed by atoms with Crippen LogP contribution in [0.5, 0.6) is 0 Å². The molecule has 19 heavy (non-hydrogen) atoms. The van der Waals surface area contributed by atoms with Crippen molar-refractivity contribution in [1.29, 1.82) is 0 Å². The highest BCUT2D eigenvalue weighted by molar-refractivity contribution is 8.00. The van der Waals surface area contributed by atoms with E-state index in [1.54, 1.807) is 0 Å². The van der Waals surface area contributed by atoms with Gasteiger partial charge in [0.1, 0.15) is 17.5 Å². The first-order valence-corrected chi connectivity index (χ1v) is 7.91. The van der Waals surface area contributed by atoms with Crippen molar-refractivity contribution in [2.75, 3.05) is 29.2 Å². The van der Waals surface area contributed by atoms with Crippen molar-refractivity contribution in [3.8, 4) is 0 Å². The molecule has 1 aromatic rings. The largest absolute Gasteiger partial charge is 0.355 e. The lowest BCUT2D eigenvalue weighted by atomic mass is 10.2. The number of nitrogens with zero attached hydrogens (tertiary/aromatic N) is 3. The molecule has 0 bridgehead atoms. The lowest BCUT2D eigenvalue weighted by Gasteiger charge is -2.33. The maximum atomic E-state index is 5.51. The molecule has 1 atom stereocenters. The second kappa shape index (κ2) is 6.43. The van der Waals surface area contributed by atoms with E-state index >= 15 is 0 Å². The molecule has 2 heterocycles. The van der Waals surface area contributed by atoms with Crippen molar-refractivity contribution >= 4 is 23.4 Å². The van der Waals surface area contributed by atoms with Gasteiger partial charge in [-0.05, 0) is 6.42 Å². The molecule has 0 radical (unpaired) electrons. The van der Waals surface area contributed by atoms with Crippen LogP contribution in [0, 0.1) is 0 Å². The smallest absolute Gasteiger partial charge is 0.145 e. The first-order chi connectivity index (χ1) is 9.13. The number of thioether (sulfide) groups is 1. The molecule has 2 rings (SSSR count). The third kappa shape index (κ3) is 3.51. The summed E-state index contributed by atoms with van der Waals surface area (Å²) in [6.45, 7) is 8.54. The highest BCUT2D eigenvalue weighted by Crippen LogP contribution is 2.26. The molecule has 1 fully saturated rings. The predicted octanol–water partition coefficient (Wildman–Crippen LogP) is 2.22. The van der Waals surface area contributed by atoms with Gasteiger partial charge in [0, 0.05) is 36.1 Å². The van der Waals surface area contributed by atoms with E-state index in [-0.39, 0.29) is 0 Å². The zero-order chi connectivity index (χ0) is 13.8. The molecule has 1 aromatic heterocycles. The number of hydrazine groups is 1. The average molecular weight is 281 g/mol. The Morgan fingerprint density at radius 2 is 2.32 bits per heavy atom. The van der Waals surface area contributed by atoms with Crippen molar-refractivity contribution in [1.82, 2.24) is 9.97 Å². The summed E-state index contributed by atoms with van der Waals surface area (Å²) in [7, 11) is 0. The van der Waals surface area contributed by atoms with Crippen molar-refractivity contribution in [3.05, 3.63) is 11.9 Å². The van der Waals surface area contributed by atoms with Gasteiger partial charge in [-0.25, -0.2) is 15.8 Å².